The summed E-state index contributed by atoms with van der Waals surface area (Å²) in [6.45, 7) is 6.20. The van der Waals surface area contributed by atoms with Crippen LogP contribution in [-0.2, 0) is 12.8 Å². The first-order valence-electron chi connectivity index (χ1n) is 11.1. The van der Waals surface area contributed by atoms with Crippen LogP contribution in [0.2, 0.25) is 0 Å². The average molecular weight is 556 g/mol. The third kappa shape index (κ3) is 5.16. The fourth-order valence-electron chi connectivity index (χ4n) is 4.54. The van der Waals surface area contributed by atoms with Gasteiger partial charge in [-0.15, -0.1) is 0 Å². The number of carbonyl (C=O) groups is 1. The van der Waals surface area contributed by atoms with E-state index in [4.69, 9.17) is 0 Å². The number of fused-ring (bicyclic) bond motifs is 2. The molecule has 0 radical (unpaired) electrons. The molecule has 0 fully saturated rings. The van der Waals surface area contributed by atoms with Crippen LogP contribution in [0.1, 0.15) is 58.5 Å². The number of hydrogen-bond acceptors (Lipinski definition) is 2. The maximum absolute atomic E-state index is 12.6. The molecule has 2 heterocycles. The van der Waals surface area contributed by atoms with E-state index in [2.05, 4.69) is 87.4 Å². The van der Waals surface area contributed by atoms with E-state index in [1.165, 1.54) is 26.7 Å². The fourth-order valence-corrected chi connectivity index (χ4v) is 5.30. The molecule has 3 aromatic carbocycles. The Morgan fingerprint density at radius 2 is 1.50 bits per heavy atom. The maximum Gasteiger partial charge on any atom is 0.254 e. The van der Waals surface area contributed by atoms with Crippen molar-refractivity contribution >= 4 is 37.8 Å². The number of nitrogens with one attached hydrogen (secondary N) is 1. The summed E-state index contributed by atoms with van der Waals surface area (Å²) in [5, 5.41) is 3.44. The minimum absolute atomic E-state index is 0.115. The van der Waals surface area contributed by atoms with Crippen LogP contribution in [0.4, 0.5) is 0 Å². The molecule has 0 spiro atoms. The Hall–Kier alpha value is -1.95. The Labute approximate surface area is 207 Å². The summed E-state index contributed by atoms with van der Waals surface area (Å²) in [5.41, 5.74) is 6.28. The van der Waals surface area contributed by atoms with Crippen LogP contribution in [0.5, 0.6) is 0 Å². The van der Waals surface area contributed by atoms with E-state index in [-0.39, 0.29) is 11.9 Å². The van der Waals surface area contributed by atoms with Crippen molar-refractivity contribution in [1.82, 2.24) is 10.2 Å². The molecule has 5 heteroatoms. The summed E-state index contributed by atoms with van der Waals surface area (Å²) in [7, 11) is 0. The molecule has 0 bridgehead atoms. The Kier molecular flexibility index (Phi) is 7.49. The van der Waals surface area contributed by atoms with Crippen molar-refractivity contribution in [3.8, 4) is 0 Å². The standard InChI is InChI=1S/C17H16BrNO.C10H12BrN/c1-12-16-11-15(18)8-7-13(16)9-10-19(12)17(20)14-5-3-2-4-6-14;1-7-10-6-9(11)3-2-8(10)4-5-12-7/h2-8,11-12H,9-10H2,1H3;2-3,6-7,12H,4-5H2,1H3/t12-;7-/m00/s1. The molecule has 5 rings (SSSR count). The van der Waals surface area contributed by atoms with Gasteiger partial charge in [0, 0.05) is 27.1 Å². The number of halogens is 2. The van der Waals surface area contributed by atoms with Crippen LogP contribution in [0.25, 0.3) is 0 Å². The molecule has 3 nitrogen and oxygen atoms in total. The summed E-state index contributed by atoms with van der Waals surface area (Å²) < 4.78 is 2.24. The van der Waals surface area contributed by atoms with Crippen LogP contribution in [-0.4, -0.2) is 23.9 Å². The molecular weight excluding hydrogens is 528 g/mol. The van der Waals surface area contributed by atoms with E-state index in [1.807, 2.05) is 35.2 Å². The number of nitrogens with zero attached hydrogens (tertiary/aromatic N) is 1. The predicted molar refractivity (Wildman–Crippen MR) is 138 cm³/mol. The molecule has 2 aliphatic rings. The minimum Gasteiger partial charge on any atom is -0.332 e. The number of amides is 1. The van der Waals surface area contributed by atoms with Crippen LogP contribution in [0, 0.1) is 0 Å². The second-order valence-electron chi connectivity index (χ2n) is 8.40. The first kappa shape index (κ1) is 23.2. The Balaban J connectivity index is 0.000000174. The van der Waals surface area contributed by atoms with Gasteiger partial charge in [-0.25, -0.2) is 0 Å². The van der Waals surface area contributed by atoms with Gasteiger partial charge >= 0.3 is 0 Å². The van der Waals surface area contributed by atoms with E-state index in [0.29, 0.717) is 6.04 Å². The van der Waals surface area contributed by atoms with Crippen LogP contribution in [0.15, 0.2) is 75.7 Å². The van der Waals surface area contributed by atoms with Gasteiger partial charge in [0.25, 0.3) is 5.91 Å². The lowest BCUT2D eigenvalue weighted by molar-refractivity contribution is 0.0677. The smallest absolute Gasteiger partial charge is 0.254 e. The summed E-state index contributed by atoms with van der Waals surface area (Å²) in [6, 6.07) is 23.0. The number of rotatable bonds is 1. The average Bonchev–Trinajstić information content (AvgIpc) is 2.81. The largest absolute Gasteiger partial charge is 0.332 e. The van der Waals surface area contributed by atoms with Gasteiger partial charge in [-0.1, -0.05) is 62.2 Å². The van der Waals surface area contributed by atoms with E-state index in [1.54, 1.807) is 0 Å². The fraction of sp³-hybridized carbons (Fsp3) is 0.296. The van der Waals surface area contributed by atoms with Crippen molar-refractivity contribution in [2.24, 2.45) is 0 Å². The Morgan fingerprint density at radius 3 is 2.19 bits per heavy atom. The molecule has 2 aliphatic heterocycles. The quantitative estimate of drug-likeness (QED) is 0.355. The van der Waals surface area contributed by atoms with Gasteiger partial charge in [0.05, 0.1) is 6.04 Å². The van der Waals surface area contributed by atoms with Gasteiger partial charge in [-0.05, 0) is 91.9 Å². The highest BCUT2D eigenvalue weighted by atomic mass is 79.9. The minimum atomic E-state index is 0.115. The van der Waals surface area contributed by atoms with Crippen molar-refractivity contribution < 1.29 is 4.79 Å². The van der Waals surface area contributed by atoms with Gasteiger partial charge in [0.15, 0.2) is 0 Å². The molecule has 3 aromatic rings. The first-order valence-corrected chi connectivity index (χ1v) is 12.7. The lowest BCUT2D eigenvalue weighted by Crippen LogP contribution is -2.38. The van der Waals surface area contributed by atoms with Crippen molar-refractivity contribution in [3.63, 3.8) is 0 Å². The molecule has 2 atom stereocenters. The zero-order chi connectivity index (χ0) is 22.7. The number of hydrogen-bond donors (Lipinski definition) is 1. The predicted octanol–water partition coefficient (Wildman–Crippen LogP) is 6.86. The summed E-state index contributed by atoms with van der Waals surface area (Å²) in [6.07, 6.45) is 2.08. The van der Waals surface area contributed by atoms with Crippen LogP contribution >= 0.6 is 31.9 Å². The molecule has 0 unspecified atom stereocenters. The summed E-state index contributed by atoms with van der Waals surface area (Å²) in [5.74, 6) is 0.115. The molecule has 0 aliphatic carbocycles. The lowest BCUT2D eigenvalue weighted by atomic mass is 9.93. The van der Waals surface area contributed by atoms with E-state index in [9.17, 15) is 4.79 Å². The highest BCUT2D eigenvalue weighted by Gasteiger charge is 2.28. The second-order valence-corrected chi connectivity index (χ2v) is 10.2. The van der Waals surface area contributed by atoms with Gasteiger partial charge in [-0.2, -0.15) is 0 Å². The highest BCUT2D eigenvalue weighted by Crippen LogP contribution is 2.32. The molecule has 1 amide bonds. The number of carbonyl (C=O) groups excluding carboxylic acids is 1. The maximum atomic E-state index is 12.6. The molecule has 0 saturated heterocycles. The Morgan fingerprint density at radius 1 is 0.875 bits per heavy atom. The highest BCUT2D eigenvalue weighted by molar-refractivity contribution is 9.10. The van der Waals surface area contributed by atoms with Crippen molar-refractivity contribution in [2.75, 3.05) is 13.1 Å². The number of benzene rings is 3. The molecule has 166 valence electrons. The first-order chi connectivity index (χ1) is 15.4. The molecule has 0 saturated carbocycles. The van der Waals surface area contributed by atoms with Gasteiger partial charge < -0.3 is 10.2 Å². The van der Waals surface area contributed by atoms with Crippen LogP contribution in [0.3, 0.4) is 0 Å². The molecule has 32 heavy (non-hydrogen) atoms. The SMILES string of the molecule is C[C@@H]1NCCc2ccc(Br)cc21.C[C@H]1c2cc(Br)ccc2CCN1C(=O)c1ccccc1. The molecule has 1 N–H and O–H groups in total. The van der Waals surface area contributed by atoms with Gasteiger partial charge in [0.2, 0.25) is 0 Å². The van der Waals surface area contributed by atoms with Crippen molar-refractivity contribution in [2.45, 2.75) is 38.8 Å². The van der Waals surface area contributed by atoms with E-state index in [0.717, 1.165) is 36.0 Å². The molecule has 0 aromatic heterocycles. The topological polar surface area (TPSA) is 32.3 Å². The third-order valence-electron chi connectivity index (χ3n) is 6.35. The third-order valence-corrected chi connectivity index (χ3v) is 7.33. The van der Waals surface area contributed by atoms with Gasteiger partial charge in [-0.3, -0.25) is 4.79 Å². The summed E-state index contributed by atoms with van der Waals surface area (Å²) >= 11 is 7.01. The molecular formula is C27H28Br2N2O. The van der Waals surface area contributed by atoms with Crippen LogP contribution < -0.4 is 5.32 Å². The summed E-state index contributed by atoms with van der Waals surface area (Å²) in [4.78, 5) is 14.6. The lowest BCUT2D eigenvalue weighted by Gasteiger charge is -2.35. The monoisotopic (exact) mass is 554 g/mol. The normalized spacial score (nSPS) is 19.3. The van der Waals surface area contributed by atoms with E-state index < -0.39 is 0 Å². The van der Waals surface area contributed by atoms with Crippen molar-refractivity contribution in [1.29, 1.82) is 0 Å². The Bertz CT molecular complexity index is 1100. The van der Waals surface area contributed by atoms with Crippen molar-refractivity contribution in [3.05, 3.63) is 103 Å². The zero-order valence-electron chi connectivity index (χ0n) is 18.4. The zero-order valence-corrected chi connectivity index (χ0v) is 21.6. The van der Waals surface area contributed by atoms with Gasteiger partial charge in [0.1, 0.15) is 0 Å². The van der Waals surface area contributed by atoms with E-state index >= 15 is 0 Å². The second kappa shape index (κ2) is 10.3.